The summed E-state index contributed by atoms with van der Waals surface area (Å²) in [6.07, 6.45) is -0.0481. The monoisotopic (exact) mass is 1060 g/mol. The van der Waals surface area contributed by atoms with Crippen molar-refractivity contribution in [2.24, 2.45) is 51.2 Å². The number of phenols is 2. The Kier molecular flexibility index (Phi) is 13.7. The Balaban J connectivity index is 1.02. The van der Waals surface area contributed by atoms with Crippen molar-refractivity contribution < 1.29 is 53.0 Å². The topological polar surface area (TPSA) is 420 Å². The molecule has 0 fully saturated rings. The summed E-state index contributed by atoms with van der Waals surface area (Å²) >= 11 is 0. The number of hydrogen-bond donors (Lipinski definition) is 8. The Hall–Kier alpha value is -8.48. The smallest absolute Gasteiger partial charge is 0.296 e. The number of nitrogens with two attached hydrogens (primary N) is 4. The van der Waals surface area contributed by atoms with Gasteiger partial charge in [0.15, 0.2) is 11.5 Å². The van der Waals surface area contributed by atoms with E-state index in [1.165, 1.54) is 84.9 Å². The van der Waals surface area contributed by atoms with Gasteiger partial charge >= 0.3 is 0 Å². The molecular formula is C45H36N12O12S4. The molecular weight excluding hydrogens is 1030 g/mol. The normalized spacial score (nSPS) is 12.9. The second kappa shape index (κ2) is 19.6. The van der Waals surface area contributed by atoms with E-state index in [1.807, 2.05) is 0 Å². The number of anilines is 2. The minimum atomic E-state index is -5.17. The van der Waals surface area contributed by atoms with Crippen LogP contribution in [0, 0.1) is 0 Å². The summed E-state index contributed by atoms with van der Waals surface area (Å²) in [7, 11) is -18.0. The van der Waals surface area contributed by atoms with Gasteiger partial charge in [-0.05, 0) is 133 Å². The van der Waals surface area contributed by atoms with Crippen molar-refractivity contribution in [2.75, 3.05) is 11.5 Å². The second-order valence-electron chi connectivity index (χ2n) is 15.7. The number of aromatic hydroxyl groups is 2. The fourth-order valence-electron chi connectivity index (χ4n) is 7.19. The zero-order valence-corrected chi connectivity index (χ0v) is 40.2. The van der Waals surface area contributed by atoms with Gasteiger partial charge in [-0.25, -0.2) is 27.1 Å². The predicted molar refractivity (Wildman–Crippen MR) is 268 cm³/mol. The first-order valence-electron chi connectivity index (χ1n) is 20.6. The molecule has 8 rings (SSSR count). The maximum absolute atomic E-state index is 12.7. The molecule has 0 saturated heterocycles. The molecule has 0 radical (unpaired) electrons. The van der Waals surface area contributed by atoms with Crippen LogP contribution in [0.3, 0.4) is 0 Å². The highest BCUT2D eigenvalue weighted by molar-refractivity contribution is 7.89. The third-order valence-electron chi connectivity index (χ3n) is 10.7. The van der Waals surface area contributed by atoms with E-state index < -0.39 is 61.5 Å². The van der Waals surface area contributed by atoms with E-state index in [1.54, 1.807) is 36.4 Å². The highest BCUT2D eigenvalue weighted by Gasteiger charge is 2.25. The quantitative estimate of drug-likeness (QED) is 0.0285. The lowest BCUT2D eigenvalue weighted by Gasteiger charge is -2.12. The van der Waals surface area contributed by atoms with Crippen LogP contribution >= 0.6 is 0 Å². The van der Waals surface area contributed by atoms with E-state index in [0.717, 1.165) is 12.1 Å². The molecule has 0 aliphatic rings. The fourth-order valence-corrected chi connectivity index (χ4v) is 9.61. The van der Waals surface area contributed by atoms with Gasteiger partial charge in [-0.1, -0.05) is 18.2 Å². The molecule has 24 nitrogen and oxygen atoms in total. The molecule has 372 valence electrons. The molecule has 8 aromatic rings. The van der Waals surface area contributed by atoms with Crippen LogP contribution in [0.4, 0.5) is 56.9 Å². The van der Waals surface area contributed by atoms with Gasteiger partial charge in [0.2, 0.25) is 20.0 Å². The van der Waals surface area contributed by atoms with Gasteiger partial charge < -0.3 is 21.7 Å². The van der Waals surface area contributed by atoms with Crippen LogP contribution in [0.1, 0.15) is 11.1 Å². The number of benzene rings is 8. The summed E-state index contributed by atoms with van der Waals surface area (Å²) in [5.74, 6) is -1.16. The lowest BCUT2D eigenvalue weighted by Crippen LogP contribution is -2.11. The number of rotatable bonds is 14. The summed E-state index contributed by atoms with van der Waals surface area (Å²) in [6, 6.07) is 30.1. The van der Waals surface area contributed by atoms with Crippen molar-refractivity contribution in [3.05, 3.63) is 145 Å². The van der Waals surface area contributed by atoms with Crippen LogP contribution in [0.15, 0.2) is 194 Å². The Labute approximate surface area is 414 Å². The van der Waals surface area contributed by atoms with Crippen LogP contribution in [0.25, 0.3) is 21.5 Å². The molecule has 28 heteroatoms. The minimum absolute atomic E-state index is 0.0432. The van der Waals surface area contributed by atoms with Crippen LogP contribution in [-0.4, -0.2) is 53.0 Å². The van der Waals surface area contributed by atoms with E-state index in [2.05, 4.69) is 40.9 Å². The van der Waals surface area contributed by atoms with Gasteiger partial charge in [0.25, 0.3) is 20.2 Å². The van der Waals surface area contributed by atoms with Gasteiger partial charge in [-0.3, -0.25) is 9.11 Å². The van der Waals surface area contributed by atoms with E-state index >= 15 is 0 Å². The summed E-state index contributed by atoms with van der Waals surface area (Å²) < 4.78 is 118. The van der Waals surface area contributed by atoms with Gasteiger partial charge in [0.1, 0.15) is 16.3 Å². The number of phenolic OH excluding ortho intramolecular Hbond substituents is 2. The lowest BCUT2D eigenvalue weighted by atomic mass is 10.0. The van der Waals surface area contributed by atoms with Gasteiger partial charge in [-0.2, -0.15) is 37.3 Å². The molecule has 0 heterocycles. The molecule has 0 atom stereocenters. The predicted octanol–water partition coefficient (Wildman–Crippen LogP) is 9.61. The summed E-state index contributed by atoms with van der Waals surface area (Å²) in [6.45, 7) is 0. The van der Waals surface area contributed by atoms with Crippen molar-refractivity contribution in [1.82, 2.24) is 0 Å². The van der Waals surface area contributed by atoms with Crippen molar-refractivity contribution in [3.63, 3.8) is 0 Å². The van der Waals surface area contributed by atoms with E-state index in [4.69, 9.17) is 21.7 Å². The van der Waals surface area contributed by atoms with E-state index in [-0.39, 0.29) is 77.8 Å². The lowest BCUT2D eigenvalue weighted by molar-refractivity contribution is 0.472. The molecule has 0 spiro atoms. The molecule has 8 aromatic carbocycles. The van der Waals surface area contributed by atoms with Crippen LogP contribution in [0.5, 0.6) is 11.5 Å². The zero-order valence-electron chi connectivity index (χ0n) is 37.0. The molecule has 0 bridgehead atoms. The first-order valence-corrected chi connectivity index (χ1v) is 26.5. The fraction of sp³-hybridized carbons (Fsp3) is 0.0222. The summed E-state index contributed by atoms with van der Waals surface area (Å²) in [5, 5.41) is 65.9. The number of nitrogen functional groups attached to an aromatic ring is 2. The molecule has 0 saturated carbocycles. The SMILES string of the molecule is Nc1ccc(N=Nc2ccc(S(N)(=O)=O)cc2)c2ccc(N=Nc3ccc(Cc4ccc(N=Nc5c(S(=O)(=O)O)cc6c(N=Nc7ccc(S(N)(=O)=O)cc7)ccc(N)c6c5O)cc4S(=O)(=O)O)cc3)c(O)c12. The van der Waals surface area contributed by atoms with Crippen LogP contribution < -0.4 is 21.7 Å². The van der Waals surface area contributed by atoms with Gasteiger partial charge in [0.05, 0.1) is 59.6 Å². The molecule has 0 aromatic heterocycles. The van der Waals surface area contributed by atoms with Crippen molar-refractivity contribution in [2.45, 2.75) is 26.0 Å². The van der Waals surface area contributed by atoms with Gasteiger partial charge in [0, 0.05) is 22.1 Å². The Morgan fingerprint density at radius 1 is 0.411 bits per heavy atom. The summed E-state index contributed by atoms with van der Waals surface area (Å²) in [5.41, 5.74) is 13.3. The Bertz CT molecular complexity index is 4140. The first-order chi connectivity index (χ1) is 34.3. The maximum Gasteiger partial charge on any atom is 0.296 e. The second-order valence-corrected chi connectivity index (χ2v) is 21.6. The number of azo groups is 4. The molecule has 0 aliphatic carbocycles. The standard InChI is InChI=1S/C45H36N12O12S4/c46-34-16-19-36(54-50-27-7-11-30(12-8-27)70(48,60)61)32-15-18-38(44(58)41(32)34)56-52-26-4-1-24(2-5-26)21-25-3-6-29(22-39(25)72(64,65)66)53-57-43-40(73(67,68)69)23-33-37(20-17-35(47)42(33)45(43)59)55-51-28-9-13-31(14-10-28)71(49,62)63/h1-20,22-23,58-59H,21,46-47H2,(H2,48,60,61)(H2,49,62,63)(H,64,65,66)(H,67,68,69). The van der Waals surface area contributed by atoms with Crippen molar-refractivity contribution in [1.29, 1.82) is 0 Å². The number of primary sulfonamides is 2. The number of nitrogens with zero attached hydrogens (tertiary/aromatic N) is 8. The highest BCUT2D eigenvalue weighted by Crippen LogP contribution is 2.47. The average Bonchev–Trinajstić information content (AvgIpc) is 3.32. The van der Waals surface area contributed by atoms with Crippen LogP contribution in [-0.2, 0) is 46.7 Å². The molecule has 12 N–H and O–H groups in total. The summed E-state index contributed by atoms with van der Waals surface area (Å²) in [4.78, 5) is -1.81. The van der Waals surface area contributed by atoms with Gasteiger partial charge in [-0.15, -0.1) is 20.5 Å². The molecule has 0 amide bonds. The third-order valence-corrected chi connectivity index (χ3v) is 14.4. The Morgan fingerprint density at radius 3 is 1.33 bits per heavy atom. The molecule has 0 aliphatic heterocycles. The largest absolute Gasteiger partial charge is 0.505 e. The van der Waals surface area contributed by atoms with Crippen LogP contribution in [0.2, 0.25) is 0 Å². The van der Waals surface area contributed by atoms with Crippen molar-refractivity contribution in [3.8, 4) is 11.5 Å². The van der Waals surface area contributed by atoms with E-state index in [0.29, 0.717) is 28.0 Å². The minimum Gasteiger partial charge on any atom is -0.505 e. The zero-order chi connectivity index (χ0) is 52.6. The maximum atomic E-state index is 12.7. The molecule has 73 heavy (non-hydrogen) atoms. The molecule has 0 unspecified atom stereocenters. The number of sulfonamides is 2. The average molecular weight is 1070 g/mol. The number of hydrogen-bond acceptors (Lipinski definition) is 20. The third kappa shape index (κ3) is 11.4. The Morgan fingerprint density at radius 2 is 0.836 bits per heavy atom. The highest BCUT2D eigenvalue weighted by atomic mass is 32.2. The van der Waals surface area contributed by atoms with E-state index in [9.17, 15) is 53.0 Å². The number of fused-ring (bicyclic) bond motifs is 2. The van der Waals surface area contributed by atoms with Crippen molar-refractivity contribution >= 4 is 119 Å². The first kappa shape index (κ1) is 50.9.